The number of rotatable bonds is 6. The average Bonchev–Trinajstić information content (AvgIpc) is 3.22. The Bertz CT molecular complexity index is 1040. The van der Waals surface area contributed by atoms with Crippen LogP contribution in [0, 0.1) is 13.8 Å². The van der Waals surface area contributed by atoms with Crippen molar-refractivity contribution in [1.82, 2.24) is 9.88 Å². The van der Waals surface area contributed by atoms with Gasteiger partial charge in [0.2, 0.25) is 0 Å². The summed E-state index contributed by atoms with van der Waals surface area (Å²) in [4.78, 5) is 23.8. The molecule has 2 aromatic carbocycles. The fourth-order valence-electron chi connectivity index (χ4n) is 3.59. The molecule has 0 atom stereocenters. The van der Waals surface area contributed by atoms with Gasteiger partial charge in [-0.3, -0.25) is 14.6 Å². The molecule has 30 heavy (non-hydrogen) atoms. The number of hydrogen-bond acceptors (Lipinski definition) is 6. The normalized spacial score (nSPS) is 14.9. The standard InChI is InChI=1S/C23H27N3O2S2/c1-16-7-8-20-21(17(16)2)24-23(30-20)26(10-9-25-11-13-28-14-12-25)22(27)18-5-4-6-19(15-18)29-3/h4-8,15H,9-14H2,1-3H3. The van der Waals surface area contributed by atoms with Crippen LogP contribution in [0.5, 0.6) is 0 Å². The Morgan fingerprint density at radius 3 is 2.80 bits per heavy atom. The molecule has 2 heterocycles. The molecule has 0 bridgehead atoms. The van der Waals surface area contributed by atoms with Crippen molar-refractivity contribution >= 4 is 44.4 Å². The van der Waals surface area contributed by atoms with Crippen molar-refractivity contribution in [2.75, 3.05) is 50.5 Å². The maximum absolute atomic E-state index is 13.6. The van der Waals surface area contributed by atoms with Gasteiger partial charge in [-0.25, -0.2) is 4.98 Å². The predicted octanol–water partition coefficient (Wildman–Crippen LogP) is 4.61. The maximum atomic E-state index is 13.6. The largest absolute Gasteiger partial charge is 0.379 e. The zero-order valence-corrected chi connectivity index (χ0v) is 19.3. The van der Waals surface area contributed by atoms with E-state index in [2.05, 4.69) is 30.9 Å². The second-order valence-corrected chi connectivity index (χ2v) is 9.38. The minimum atomic E-state index is 0.00703. The topological polar surface area (TPSA) is 45.7 Å². The molecule has 0 saturated carbocycles. The first-order valence-corrected chi connectivity index (χ1v) is 12.2. The third-order valence-electron chi connectivity index (χ3n) is 5.61. The Hall–Kier alpha value is -1.93. The molecule has 5 nitrogen and oxygen atoms in total. The van der Waals surface area contributed by atoms with E-state index in [1.165, 1.54) is 11.1 Å². The number of carbonyl (C=O) groups is 1. The monoisotopic (exact) mass is 441 g/mol. The van der Waals surface area contributed by atoms with E-state index in [4.69, 9.17) is 9.72 Å². The van der Waals surface area contributed by atoms with Gasteiger partial charge in [0.05, 0.1) is 23.4 Å². The van der Waals surface area contributed by atoms with Gasteiger partial charge in [-0.1, -0.05) is 23.5 Å². The van der Waals surface area contributed by atoms with Crippen molar-refractivity contribution in [3.8, 4) is 0 Å². The molecule has 0 unspecified atom stereocenters. The van der Waals surface area contributed by atoms with E-state index in [9.17, 15) is 4.79 Å². The highest BCUT2D eigenvalue weighted by Gasteiger charge is 2.23. The van der Waals surface area contributed by atoms with E-state index in [1.54, 1.807) is 23.1 Å². The van der Waals surface area contributed by atoms with Gasteiger partial charge in [0, 0.05) is 36.6 Å². The van der Waals surface area contributed by atoms with Gasteiger partial charge in [0.1, 0.15) is 0 Å². The van der Waals surface area contributed by atoms with Crippen molar-refractivity contribution in [3.63, 3.8) is 0 Å². The van der Waals surface area contributed by atoms with Crippen LogP contribution in [0.2, 0.25) is 0 Å². The highest BCUT2D eigenvalue weighted by molar-refractivity contribution is 7.98. The fourth-order valence-corrected chi connectivity index (χ4v) is 5.10. The summed E-state index contributed by atoms with van der Waals surface area (Å²) in [6.07, 6.45) is 2.03. The van der Waals surface area contributed by atoms with Crippen LogP contribution in [0.4, 0.5) is 5.13 Å². The molecule has 0 radical (unpaired) electrons. The molecule has 1 aromatic heterocycles. The van der Waals surface area contributed by atoms with Crippen molar-refractivity contribution < 1.29 is 9.53 Å². The van der Waals surface area contributed by atoms with Crippen LogP contribution in [0.3, 0.4) is 0 Å². The first-order valence-electron chi connectivity index (χ1n) is 10.2. The molecule has 0 N–H and O–H groups in total. The van der Waals surface area contributed by atoms with Crippen molar-refractivity contribution in [3.05, 3.63) is 53.1 Å². The summed E-state index contributed by atoms with van der Waals surface area (Å²) >= 11 is 3.24. The fraction of sp³-hybridized carbons (Fsp3) is 0.391. The summed E-state index contributed by atoms with van der Waals surface area (Å²) in [5, 5.41) is 0.770. The zero-order valence-electron chi connectivity index (χ0n) is 17.7. The minimum absolute atomic E-state index is 0.00703. The highest BCUT2D eigenvalue weighted by atomic mass is 32.2. The van der Waals surface area contributed by atoms with Crippen LogP contribution >= 0.6 is 23.1 Å². The molecule has 1 saturated heterocycles. The summed E-state index contributed by atoms with van der Waals surface area (Å²) in [6.45, 7) is 8.94. The minimum Gasteiger partial charge on any atom is -0.379 e. The predicted molar refractivity (Wildman–Crippen MR) is 126 cm³/mol. The molecule has 3 aromatic rings. The van der Waals surface area contributed by atoms with Crippen LogP contribution in [-0.2, 0) is 4.74 Å². The number of carbonyl (C=O) groups excluding carboxylic acids is 1. The van der Waals surface area contributed by atoms with E-state index in [0.29, 0.717) is 12.1 Å². The molecule has 158 valence electrons. The van der Waals surface area contributed by atoms with Crippen molar-refractivity contribution in [1.29, 1.82) is 0 Å². The lowest BCUT2D eigenvalue weighted by Gasteiger charge is -2.29. The van der Waals surface area contributed by atoms with Crippen molar-refractivity contribution in [2.24, 2.45) is 0 Å². The quantitative estimate of drug-likeness (QED) is 0.523. The lowest BCUT2D eigenvalue weighted by atomic mass is 10.1. The number of aryl methyl sites for hydroxylation is 2. The molecule has 1 aliphatic rings. The van der Waals surface area contributed by atoms with Gasteiger partial charge in [-0.05, 0) is 55.5 Å². The molecule has 1 aliphatic heterocycles. The Balaban J connectivity index is 1.67. The van der Waals surface area contributed by atoms with Gasteiger partial charge in [0.15, 0.2) is 5.13 Å². The molecule has 1 amide bonds. The SMILES string of the molecule is CSc1cccc(C(=O)N(CCN2CCOCC2)c2nc3c(C)c(C)ccc3s2)c1. The second kappa shape index (κ2) is 9.47. The summed E-state index contributed by atoms with van der Waals surface area (Å²) < 4.78 is 6.58. The van der Waals surface area contributed by atoms with Gasteiger partial charge in [-0.2, -0.15) is 0 Å². The lowest BCUT2D eigenvalue weighted by molar-refractivity contribution is 0.0391. The van der Waals surface area contributed by atoms with Crippen LogP contribution in [-0.4, -0.2) is 61.4 Å². The van der Waals surface area contributed by atoms with Gasteiger partial charge >= 0.3 is 0 Å². The number of ether oxygens (including phenoxy) is 1. The third-order valence-corrected chi connectivity index (χ3v) is 7.38. The second-order valence-electron chi connectivity index (χ2n) is 7.49. The molecule has 0 aliphatic carbocycles. The van der Waals surface area contributed by atoms with Gasteiger partial charge < -0.3 is 4.74 Å². The van der Waals surface area contributed by atoms with Crippen LogP contribution in [0.25, 0.3) is 10.2 Å². The number of amides is 1. The van der Waals surface area contributed by atoms with Gasteiger partial charge in [0.25, 0.3) is 5.91 Å². The number of morpholine rings is 1. The first kappa shape index (κ1) is 21.3. The molecular weight excluding hydrogens is 414 g/mol. The number of benzene rings is 2. The van der Waals surface area contributed by atoms with Crippen LogP contribution in [0.1, 0.15) is 21.5 Å². The zero-order chi connectivity index (χ0) is 21.1. The number of anilines is 1. The van der Waals surface area contributed by atoms with E-state index in [1.807, 2.05) is 35.4 Å². The number of nitrogens with zero attached hydrogens (tertiary/aromatic N) is 3. The van der Waals surface area contributed by atoms with E-state index in [-0.39, 0.29) is 5.91 Å². The number of aromatic nitrogens is 1. The Labute approximate surface area is 186 Å². The highest BCUT2D eigenvalue weighted by Crippen LogP contribution is 2.33. The smallest absolute Gasteiger partial charge is 0.260 e. The summed E-state index contributed by atoms with van der Waals surface area (Å²) in [6, 6.07) is 12.1. The maximum Gasteiger partial charge on any atom is 0.260 e. The Morgan fingerprint density at radius 1 is 1.23 bits per heavy atom. The molecular formula is C23H27N3O2S2. The van der Waals surface area contributed by atoms with Crippen LogP contribution < -0.4 is 4.90 Å². The average molecular weight is 442 g/mol. The Kier molecular flexibility index (Phi) is 6.73. The number of hydrogen-bond donors (Lipinski definition) is 0. The molecule has 4 rings (SSSR count). The van der Waals surface area contributed by atoms with E-state index in [0.717, 1.165) is 53.1 Å². The molecule has 0 spiro atoms. The van der Waals surface area contributed by atoms with Crippen molar-refractivity contribution in [2.45, 2.75) is 18.7 Å². The number of thiazole rings is 1. The van der Waals surface area contributed by atoms with E-state index >= 15 is 0 Å². The third kappa shape index (κ3) is 4.54. The molecule has 7 heteroatoms. The lowest BCUT2D eigenvalue weighted by Crippen LogP contribution is -2.43. The molecule has 1 fully saturated rings. The Morgan fingerprint density at radius 2 is 2.03 bits per heavy atom. The van der Waals surface area contributed by atoms with Crippen LogP contribution in [0.15, 0.2) is 41.3 Å². The van der Waals surface area contributed by atoms with E-state index < -0.39 is 0 Å². The number of fused-ring (bicyclic) bond motifs is 1. The van der Waals surface area contributed by atoms with Gasteiger partial charge in [-0.15, -0.1) is 11.8 Å². The summed E-state index contributed by atoms with van der Waals surface area (Å²) in [7, 11) is 0. The summed E-state index contributed by atoms with van der Waals surface area (Å²) in [5.41, 5.74) is 4.10. The number of thioether (sulfide) groups is 1. The summed E-state index contributed by atoms with van der Waals surface area (Å²) in [5.74, 6) is 0.00703. The first-order chi connectivity index (χ1) is 14.6.